The Hall–Kier alpha value is -2.96. The zero-order chi connectivity index (χ0) is 18.7. The molecule has 5 nitrogen and oxygen atoms in total. The van der Waals surface area contributed by atoms with Crippen LogP contribution in [0.2, 0.25) is 0 Å². The minimum atomic E-state index is -3.54. The topological polar surface area (TPSA) is 64.0 Å². The molecule has 0 radical (unpaired) electrons. The lowest BCUT2D eigenvalue weighted by atomic mass is 10.1. The summed E-state index contributed by atoms with van der Waals surface area (Å²) in [6.45, 7) is 0.315. The normalized spacial score (nSPS) is 11.7. The minimum Gasteiger partial charge on any atom is -0.241 e. The molecule has 0 atom stereocenters. The fourth-order valence-electron chi connectivity index (χ4n) is 2.96. The molecule has 4 aromatic rings. The standard InChI is InChI=1S/C21H19N3O2S/c25-27(26,21-11-10-18-6-4-5-7-19(18)14-21)23-13-12-17-15-22-24(16-17)20-8-2-1-3-9-20/h1-11,14-16,23H,12-13H2. The van der Waals surface area contributed by atoms with Crippen LogP contribution in [0.15, 0.2) is 90.1 Å². The van der Waals surface area contributed by atoms with E-state index < -0.39 is 10.0 Å². The van der Waals surface area contributed by atoms with Crippen molar-refractivity contribution < 1.29 is 8.42 Å². The van der Waals surface area contributed by atoms with E-state index in [1.165, 1.54) is 0 Å². The van der Waals surface area contributed by atoms with Gasteiger partial charge in [-0.25, -0.2) is 17.8 Å². The molecule has 6 heteroatoms. The van der Waals surface area contributed by atoms with Gasteiger partial charge in [0.1, 0.15) is 0 Å². The highest BCUT2D eigenvalue weighted by Gasteiger charge is 2.14. The monoisotopic (exact) mass is 377 g/mol. The Morgan fingerprint density at radius 1 is 0.889 bits per heavy atom. The molecule has 4 rings (SSSR count). The molecule has 0 aliphatic rings. The van der Waals surface area contributed by atoms with Gasteiger partial charge in [0.15, 0.2) is 0 Å². The molecule has 0 fully saturated rings. The summed E-state index contributed by atoms with van der Waals surface area (Å²) < 4.78 is 29.6. The van der Waals surface area contributed by atoms with E-state index in [9.17, 15) is 8.42 Å². The van der Waals surface area contributed by atoms with Gasteiger partial charge in [-0.1, -0.05) is 48.5 Å². The Balaban J connectivity index is 1.42. The summed E-state index contributed by atoms with van der Waals surface area (Å²) in [7, 11) is -3.54. The SMILES string of the molecule is O=S(=O)(NCCc1cnn(-c2ccccc2)c1)c1ccc2ccccc2c1. The Bertz CT molecular complexity index is 1170. The van der Waals surface area contributed by atoms with Gasteiger partial charge in [-0.3, -0.25) is 0 Å². The second-order valence-electron chi connectivity index (χ2n) is 6.29. The van der Waals surface area contributed by atoms with Gasteiger partial charge in [-0.05, 0) is 47.0 Å². The number of fused-ring (bicyclic) bond motifs is 1. The van der Waals surface area contributed by atoms with Crippen molar-refractivity contribution in [1.29, 1.82) is 0 Å². The van der Waals surface area contributed by atoms with E-state index in [0.717, 1.165) is 22.0 Å². The first kappa shape index (κ1) is 17.5. The highest BCUT2D eigenvalue weighted by Crippen LogP contribution is 2.18. The molecule has 0 saturated carbocycles. The summed E-state index contributed by atoms with van der Waals surface area (Å²) in [5.41, 5.74) is 1.94. The van der Waals surface area contributed by atoms with Gasteiger partial charge in [0, 0.05) is 12.7 Å². The molecular weight excluding hydrogens is 358 g/mol. The van der Waals surface area contributed by atoms with Crippen molar-refractivity contribution in [2.45, 2.75) is 11.3 Å². The largest absolute Gasteiger partial charge is 0.241 e. The van der Waals surface area contributed by atoms with E-state index in [1.807, 2.05) is 66.9 Å². The summed E-state index contributed by atoms with van der Waals surface area (Å²) in [5.74, 6) is 0. The summed E-state index contributed by atoms with van der Waals surface area (Å²) in [4.78, 5) is 0.279. The van der Waals surface area contributed by atoms with Gasteiger partial charge in [0.05, 0.1) is 16.8 Å². The van der Waals surface area contributed by atoms with Crippen LogP contribution in [0.5, 0.6) is 0 Å². The predicted octanol–water partition coefficient (Wildman–Crippen LogP) is 3.55. The number of nitrogens with zero attached hydrogens (tertiary/aromatic N) is 2. The van der Waals surface area contributed by atoms with Crippen LogP contribution < -0.4 is 4.72 Å². The fourth-order valence-corrected chi connectivity index (χ4v) is 4.03. The number of benzene rings is 3. The number of sulfonamides is 1. The van der Waals surface area contributed by atoms with E-state index in [1.54, 1.807) is 23.0 Å². The zero-order valence-electron chi connectivity index (χ0n) is 14.6. The average Bonchev–Trinajstić information content (AvgIpc) is 3.17. The summed E-state index contributed by atoms with van der Waals surface area (Å²) in [5, 5.41) is 6.26. The first-order valence-electron chi connectivity index (χ1n) is 8.69. The van der Waals surface area contributed by atoms with Gasteiger partial charge < -0.3 is 0 Å². The number of rotatable bonds is 6. The molecule has 0 spiro atoms. The van der Waals surface area contributed by atoms with Crippen molar-refractivity contribution in [2.75, 3.05) is 6.54 Å². The van der Waals surface area contributed by atoms with Crippen LogP contribution in [0.3, 0.4) is 0 Å². The molecule has 0 saturated heterocycles. The van der Waals surface area contributed by atoms with E-state index in [-0.39, 0.29) is 4.90 Å². The predicted molar refractivity (Wildman–Crippen MR) is 106 cm³/mol. The molecule has 0 bridgehead atoms. The third kappa shape index (κ3) is 3.92. The van der Waals surface area contributed by atoms with E-state index in [4.69, 9.17) is 0 Å². The number of hydrogen-bond donors (Lipinski definition) is 1. The lowest BCUT2D eigenvalue weighted by Crippen LogP contribution is -2.25. The lowest BCUT2D eigenvalue weighted by Gasteiger charge is -2.07. The molecule has 0 aliphatic carbocycles. The number of para-hydroxylation sites is 1. The third-order valence-corrected chi connectivity index (χ3v) is 5.85. The number of aromatic nitrogens is 2. The maximum absolute atomic E-state index is 12.6. The Kier molecular flexibility index (Phi) is 4.75. The van der Waals surface area contributed by atoms with Crippen LogP contribution in [0, 0.1) is 0 Å². The second-order valence-corrected chi connectivity index (χ2v) is 8.05. The molecule has 3 aromatic carbocycles. The molecule has 0 unspecified atom stereocenters. The maximum Gasteiger partial charge on any atom is 0.240 e. The molecular formula is C21H19N3O2S. The number of hydrogen-bond acceptors (Lipinski definition) is 3. The maximum atomic E-state index is 12.6. The third-order valence-electron chi connectivity index (χ3n) is 4.39. The second kappa shape index (κ2) is 7.34. The van der Waals surface area contributed by atoms with E-state index in [0.29, 0.717) is 13.0 Å². The molecule has 136 valence electrons. The quantitative estimate of drug-likeness (QED) is 0.559. The van der Waals surface area contributed by atoms with Gasteiger partial charge in [0.25, 0.3) is 0 Å². The molecule has 1 heterocycles. The highest BCUT2D eigenvalue weighted by molar-refractivity contribution is 7.89. The van der Waals surface area contributed by atoms with Crippen LogP contribution >= 0.6 is 0 Å². The molecule has 1 N–H and O–H groups in total. The average molecular weight is 377 g/mol. The fraction of sp³-hybridized carbons (Fsp3) is 0.0952. The van der Waals surface area contributed by atoms with Gasteiger partial charge >= 0.3 is 0 Å². The summed E-state index contributed by atoms with van der Waals surface area (Å²) in [6.07, 6.45) is 4.25. The molecule has 27 heavy (non-hydrogen) atoms. The first-order chi connectivity index (χ1) is 13.1. The van der Waals surface area contributed by atoms with Crippen molar-refractivity contribution in [3.05, 3.63) is 90.8 Å². The van der Waals surface area contributed by atoms with Crippen molar-refractivity contribution in [3.63, 3.8) is 0 Å². The highest BCUT2D eigenvalue weighted by atomic mass is 32.2. The van der Waals surface area contributed by atoms with Gasteiger partial charge in [-0.15, -0.1) is 0 Å². The van der Waals surface area contributed by atoms with Crippen molar-refractivity contribution in [2.24, 2.45) is 0 Å². The van der Waals surface area contributed by atoms with Crippen molar-refractivity contribution in [3.8, 4) is 5.69 Å². The van der Waals surface area contributed by atoms with Crippen LogP contribution in [-0.2, 0) is 16.4 Å². The summed E-state index contributed by atoms with van der Waals surface area (Å²) in [6, 6.07) is 22.7. The van der Waals surface area contributed by atoms with Gasteiger partial charge in [-0.2, -0.15) is 5.10 Å². The molecule has 1 aromatic heterocycles. The summed E-state index contributed by atoms with van der Waals surface area (Å²) >= 11 is 0. The lowest BCUT2D eigenvalue weighted by molar-refractivity contribution is 0.582. The Morgan fingerprint density at radius 3 is 2.44 bits per heavy atom. The Labute approximate surface area is 158 Å². The first-order valence-corrected chi connectivity index (χ1v) is 10.2. The minimum absolute atomic E-state index is 0.279. The number of nitrogens with one attached hydrogen (secondary N) is 1. The van der Waals surface area contributed by atoms with Crippen LogP contribution in [0.25, 0.3) is 16.5 Å². The Morgan fingerprint density at radius 2 is 1.63 bits per heavy atom. The van der Waals surface area contributed by atoms with Gasteiger partial charge in [0.2, 0.25) is 10.0 Å². The molecule has 0 aliphatic heterocycles. The van der Waals surface area contributed by atoms with Crippen molar-refractivity contribution in [1.82, 2.24) is 14.5 Å². The smallest absolute Gasteiger partial charge is 0.240 e. The van der Waals surface area contributed by atoms with E-state index in [2.05, 4.69) is 9.82 Å². The van der Waals surface area contributed by atoms with Crippen LogP contribution in [0.1, 0.15) is 5.56 Å². The molecule has 0 amide bonds. The van der Waals surface area contributed by atoms with E-state index >= 15 is 0 Å². The zero-order valence-corrected chi connectivity index (χ0v) is 15.4. The van der Waals surface area contributed by atoms with Crippen LogP contribution in [0.4, 0.5) is 0 Å². The van der Waals surface area contributed by atoms with Crippen LogP contribution in [-0.4, -0.2) is 24.7 Å². The van der Waals surface area contributed by atoms with Crippen molar-refractivity contribution >= 4 is 20.8 Å².